The van der Waals surface area contributed by atoms with E-state index < -0.39 is 12.0 Å². The van der Waals surface area contributed by atoms with Crippen LogP contribution >= 0.6 is 12.2 Å². The van der Waals surface area contributed by atoms with E-state index in [2.05, 4.69) is 10.6 Å². The Morgan fingerprint density at radius 2 is 1.70 bits per heavy atom. The third kappa shape index (κ3) is 4.61. The van der Waals surface area contributed by atoms with Crippen LogP contribution in [0.2, 0.25) is 0 Å². The molecule has 27 heavy (non-hydrogen) atoms. The Hall–Kier alpha value is -2.52. The minimum Gasteiger partial charge on any atom is -0.493 e. The Balaban J connectivity index is 2.48. The lowest BCUT2D eigenvalue weighted by molar-refractivity contribution is -0.140. The van der Waals surface area contributed by atoms with Gasteiger partial charge in [-0.2, -0.15) is 0 Å². The number of benzene rings is 1. The molecule has 1 aromatic rings. The Morgan fingerprint density at radius 1 is 1.07 bits per heavy atom. The van der Waals surface area contributed by atoms with Gasteiger partial charge in [0, 0.05) is 12.8 Å². The second kappa shape index (κ2) is 9.43. The van der Waals surface area contributed by atoms with Gasteiger partial charge < -0.3 is 34.3 Å². The summed E-state index contributed by atoms with van der Waals surface area (Å²) in [6.45, 7) is 2.23. The molecule has 0 amide bonds. The van der Waals surface area contributed by atoms with Crippen LogP contribution < -0.4 is 24.8 Å². The van der Waals surface area contributed by atoms with E-state index in [4.69, 9.17) is 35.9 Å². The van der Waals surface area contributed by atoms with Crippen LogP contribution in [-0.2, 0) is 14.3 Å². The molecule has 1 unspecified atom stereocenters. The summed E-state index contributed by atoms with van der Waals surface area (Å²) in [5.41, 5.74) is 1.74. The first-order chi connectivity index (χ1) is 13.0. The molecule has 148 valence electrons. The molecular weight excluding hydrogens is 372 g/mol. The van der Waals surface area contributed by atoms with Gasteiger partial charge in [-0.05, 0) is 36.8 Å². The van der Waals surface area contributed by atoms with E-state index in [0.717, 1.165) is 0 Å². The fraction of sp³-hybridized carbons (Fsp3) is 0.444. The predicted octanol–water partition coefficient (Wildman–Crippen LogP) is 1.69. The van der Waals surface area contributed by atoms with Gasteiger partial charge >= 0.3 is 5.97 Å². The summed E-state index contributed by atoms with van der Waals surface area (Å²) in [5, 5.41) is 6.47. The molecule has 0 saturated heterocycles. The molecule has 9 heteroatoms. The molecule has 0 saturated carbocycles. The highest BCUT2D eigenvalue weighted by Crippen LogP contribution is 2.41. The lowest BCUT2D eigenvalue weighted by atomic mass is 9.95. The molecule has 2 rings (SSSR count). The summed E-state index contributed by atoms with van der Waals surface area (Å²) in [7, 11) is 6.13. The highest BCUT2D eigenvalue weighted by atomic mass is 32.1. The van der Waals surface area contributed by atoms with Crippen LogP contribution in [0.5, 0.6) is 17.2 Å². The number of carbonyl (C=O) groups is 1. The van der Waals surface area contributed by atoms with Crippen molar-refractivity contribution in [3.05, 3.63) is 29.0 Å². The van der Waals surface area contributed by atoms with Crippen LogP contribution in [0, 0.1) is 0 Å². The van der Waals surface area contributed by atoms with E-state index >= 15 is 0 Å². The summed E-state index contributed by atoms with van der Waals surface area (Å²) in [6, 6.07) is 2.99. The molecule has 1 aromatic carbocycles. The van der Waals surface area contributed by atoms with Gasteiger partial charge in [-0.15, -0.1) is 0 Å². The maximum atomic E-state index is 12.7. The van der Waals surface area contributed by atoms with Crippen LogP contribution in [0.15, 0.2) is 23.4 Å². The Bertz CT molecular complexity index is 724. The first-order valence-electron chi connectivity index (χ1n) is 8.21. The van der Waals surface area contributed by atoms with Crippen LogP contribution in [-0.4, -0.2) is 52.7 Å². The van der Waals surface area contributed by atoms with E-state index in [9.17, 15) is 4.79 Å². The maximum Gasteiger partial charge on any atom is 0.338 e. The second-order valence-corrected chi connectivity index (χ2v) is 6.07. The number of nitrogens with one attached hydrogen (secondary N) is 2. The maximum absolute atomic E-state index is 12.7. The van der Waals surface area contributed by atoms with Crippen molar-refractivity contribution in [3.8, 4) is 17.2 Å². The smallest absolute Gasteiger partial charge is 0.338 e. The number of allylic oxidation sites excluding steroid dienone is 1. The van der Waals surface area contributed by atoms with Crippen LogP contribution in [0.25, 0.3) is 0 Å². The van der Waals surface area contributed by atoms with Gasteiger partial charge in [0.15, 0.2) is 16.6 Å². The first-order valence-corrected chi connectivity index (χ1v) is 8.61. The molecule has 0 spiro atoms. The zero-order chi connectivity index (χ0) is 20.0. The fourth-order valence-electron chi connectivity index (χ4n) is 2.78. The van der Waals surface area contributed by atoms with Crippen molar-refractivity contribution in [2.24, 2.45) is 0 Å². The van der Waals surface area contributed by atoms with Gasteiger partial charge in [-0.1, -0.05) is 0 Å². The zero-order valence-corrected chi connectivity index (χ0v) is 16.8. The molecule has 1 aliphatic heterocycles. The summed E-state index contributed by atoms with van der Waals surface area (Å²) in [6.07, 6.45) is 0. The van der Waals surface area contributed by atoms with Crippen molar-refractivity contribution in [2.75, 3.05) is 41.7 Å². The molecule has 1 aliphatic rings. The highest BCUT2D eigenvalue weighted by Gasteiger charge is 2.32. The highest BCUT2D eigenvalue weighted by molar-refractivity contribution is 7.80. The van der Waals surface area contributed by atoms with Crippen molar-refractivity contribution >= 4 is 23.3 Å². The third-order valence-electron chi connectivity index (χ3n) is 4.03. The normalized spacial score (nSPS) is 16.3. The fourth-order valence-corrected chi connectivity index (χ4v) is 3.05. The average molecular weight is 396 g/mol. The quantitative estimate of drug-likeness (QED) is 0.387. The number of esters is 1. The predicted molar refractivity (Wildman–Crippen MR) is 103 cm³/mol. The van der Waals surface area contributed by atoms with Gasteiger partial charge in [0.25, 0.3) is 0 Å². The van der Waals surface area contributed by atoms with Crippen LogP contribution in [0.1, 0.15) is 18.5 Å². The first kappa shape index (κ1) is 20.8. The molecule has 0 fully saturated rings. The number of rotatable bonds is 8. The van der Waals surface area contributed by atoms with Gasteiger partial charge in [-0.3, -0.25) is 0 Å². The van der Waals surface area contributed by atoms with E-state index in [0.29, 0.717) is 45.8 Å². The van der Waals surface area contributed by atoms with Gasteiger partial charge in [0.2, 0.25) is 5.75 Å². The Labute approximate surface area is 163 Å². The molecule has 1 heterocycles. The summed E-state index contributed by atoms with van der Waals surface area (Å²) < 4.78 is 26.4. The van der Waals surface area contributed by atoms with E-state index in [1.165, 1.54) is 21.3 Å². The van der Waals surface area contributed by atoms with Gasteiger partial charge in [0.05, 0.1) is 39.6 Å². The van der Waals surface area contributed by atoms with Crippen molar-refractivity contribution in [3.63, 3.8) is 0 Å². The SMILES string of the molecule is COCCOC(=O)C1=C(C)NC(=S)NC1c1cc(OC)c(OC)c(OC)c1. The minimum absolute atomic E-state index is 0.151. The van der Waals surface area contributed by atoms with Crippen molar-refractivity contribution in [2.45, 2.75) is 13.0 Å². The lowest BCUT2D eigenvalue weighted by Crippen LogP contribution is -2.45. The molecule has 2 N–H and O–H groups in total. The van der Waals surface area contributed by atoms with Gasteiger partial charge in [0.1, 0.15) is 6.61 Å². The van der Waals surface area contributed by atoms with Crippen LogP contribution in [0.3, 0.4) is 0 Å². The number of thiocarbonyl (C=S) groups is 1. The largest absolute Gasteiger partial charge is 0.493 e. The Kier molecular flexibility index (Phi) is 7.26. The molecule has 0 aliphatic carbocycles. The second-order valence-electron chi connectivity index (χ2n) is 5.66. The molecular formula is C18H24N2O6S. The van der Waals surface area contributed by atoms with E-state index in [-0.39, 0.29) is 6.61 Å². The lowest BCUT2D eigenvalue weighted by Gasteiger charge is -2.30. The molecule has 0 radical (unpaired) electrons. The van der Waals surface area contributed by atoms with Crippen molar-refractivity contribution in [1.29, 1.82) is 0 Å². The van der Waals surface area contributed by atoms with Crippen LogP contribution in [0.4, 0.5) is 0 Å². The monoisotopic (exact) mass is 396 g/mol. The van der Waals surface area contributed by atoms with Gasteiger partial charge in [-0.25, -0.2) is 4.79 Å². The van der Waals surface area contributed by atoms with Crippen molar-refractivity contribution in [1.82, 2.24) is 10.6 Å². The van der Waals surface area contributed by atoms with E-state index in [1.54, 1.807) is 26.2 Å². The third-order valence-corrected chi connectivity index (χ3v) is 4.25. The number of carbonyl (C=O) groups excluding carboxylic acids is 1. The minimum atomic E-state index is -0.539. The molecule has 0 aromatic heterocycles. The molecule has 1 atom stereocenters. The number of ether oxygens (including phenoxy) is 5. The number of methoxy groups -OCH3 is 4. The standard InChI is InChI=1S/C18H24N2O6S/c1-10-14(17(21)26-7-6-22-2)15(20-18(27)19-10)11-8-12(23-3)16(25-5)13(9-11)24-4/h8-9,15H,6-7H2,1-5H3,(H2,19,20,27). The summed E-state index contributed by atoms with van der Waals surface area (Å²) in [5.74, 6) is 0.946. The molecule has 0 bridgehead atoms. The summed E-state index contributed by atoms with van der Waals surface area (Å²) in [4.78, 5) is 12.7. The molecule has 8 nitrogen and oxygen atoms in total. The topological polar surface area (TPSA) is 87.3 Å². The number of hydrogen-bond acceptors (Lipinski definition) is 7. The Morgan fingerprint density at radius 3 is 2.22 bits per heavy atom. The average Bonchev–Trinajstić information content (AvgIpc) is 2.66. The summed E-state index contributed by atoms with van der Waals surface area (Å²) >= 11 is 5.26. The van der Waals surface area contributed by atoms with E-state index in [1.807, 2.05) is 0 Å². The number of hydrogen-bond donors (Lipinski definition) is 2. The zero-order valence-electron chi connectivity index (χ0n) is 16.0. The van der Waals surface area contributed by atoms with Crippen molar-refractivity contribution < 1.29 is 28.5 Å².